The standard InChI is InChI=1S/C19H16F2N2OS/c1-3-10-23-18(24)14-6-4-5-7-17(14)22-19(23)25-12(2)15-11-13(20)8-9-16(15)21/h3-9,11-12H,1,10H2,2H3. The highest BCUT2D eigenvalue weighted by Gasteiger charge is 2.18. The van der Waals surface area contributed by atoms with E-state index < -0.39 is 16.9 Å². The fraction of sp³-hybridized carbons (Fsp3) is 0.158. The lowest BCUT2D eigenvalue weighted by Crippen LogP contribution is -2.23. The molecular formula is C19H16F2N2OS. The van der Waals surface area contributed by atoms with Gasteiger partial charge in [0.15, 0.2) is 5.16 Å². The van der Waals surface area contributed by atoms with Gasteiger partial charge in [0.25, 0.3) is 5.56 Å². The summed E-state index contributed by atoms with van der Waals surface area (Å²) in [4.78, 5) is 17.2. The summed E-state index contributed by atoms with van der Waals surface area (Å²) in [6.07, 6.45) is 1.61. The third-order valence-corrected chi connectivity index (χ3v) is 4.95. The number of para-hydroxylation sites is 1. The Morgan fingerprint density at radius 1 is 1.28 bits per heavy atom. The molecule has 0 N–H and O–H groups in total. The van der Waals surface area contributed by atoms with Crippen molar-refractivity contribution in [3.05, 3.63) is 82.7 Å². The summed E-state index contributed by atoms with van der Waals surface area (Å²) < 4.78 is 29.0. The number of hydrogen-bond acceptors (Lipinski definition) is 3. The lowest BCUT2D eigenvalue weighted by atomic mass is 10.1. The van der Waals surface area contributed by atoms with E-state index in [1.54, 1.807) is 37.3 Å². The first-order valence-corrected chi connectivity index (χ1v) is 8.61. The van der Waals surface area contributed by atoms with Crippen molar-refractivity contribution >= 4 is 22.7 Å². The molecule has 1 aromatic heterocycles. The Kier molecular flexibility index (Phi) is 4.99. The van der Waals surface area contributed by atoms with Crippen LogP contribution in [0.2, 0.25) is 0 Å². The molecule has 6 heteroatoms. The van der Waals surface area contributed by atoms with Crippen LogP contribution < -0.4 is 5.56 Å². The van der Waals surface area contributed by atoms with Gasteiger partial charge >= 0.3 is 0 Å². The molecule has 0 aliphatic heterocycles. The monoisotopic (exact) mass is 358 g/mol. The second-order valence-electron chi connectivity index (χ2n) is 5.54. The predicted octanol–water partition coefficient (Wildman–Crippen LogP) is 4.71. The molecule has 1 atom stereocenters. The molecule has 1 heterocycles. The van der Waals surface area contributed by atoms with Gasteiger partial charge in [-0.25, -0.2) is 13.8 Å². The Hall–Kier alpha value is -2.47. The van der Waals surface area contributed by atoms with Crippen molar-refractivity contribution in [3.63, 3.8) is 0 Å². The Bertz CT molecular complexity index is 1000. The summed E-state index contributed by atoms with van der Waals surface area (Å²) in [6.45, 7) is 5.72. The fourth-order valence-corrected chi connectivity index (χ4v) is 3.64. The Morgan fingerprint density at radius 3 is 2.80 bits per heavy atom. The third kappa shape index (κ3) is 3.49. The summed E-state index contributed by atoms with van der Waals surface area (Å²) in [5.74, 6) is -0.987. The maximum absolute atomic E-state index is 14.0. The topological polar surface area (TPSA) is 34.9 Å². The van der Waals surface area contributed by atoms with Gasteiger partial charge in [-0.15, -0.1) is 6.58 Å². The zero-order chi connectivity index (χ0) is 18.0. The highest BCUT2D eigenvalue weighted by molar-refractivity contribution is 7.99. The number of aromatic nitrogens is 2. The van der Waals surface area contributed by atoms with E-state index in [1.165, 1.54) is 22.4 Å². The zero-order valence-electron chi connectivity index (χ0n) is 13.6. The fourth-order valence-electron chi connectivity index (χ4n) is 2.58. The molecule has 0 aliphatic rings. The summed E-state index contributed by atoms with van der Waals surface area (Å²) in [5, 5.41) is 0.540. The van der Waals surface area contributed by atoms with Crippen LogP contribution >= 0.6 is 11.8 Å². The molecule has 0 saturated carbocycles. The molecular weight excluding hydrogens is 342 g/mol. The first kappa shape index (κ1) is 17.4. The number of hydrogen-bond donors (Lipinski definition) is 0. The van der Waals surface area contributed by atoms with Gasteiger partial charge in [0.05, 0.1) is 10.9 Å². The first-order valence-electron chi connectivity index (χ1n) is 7.73. The van der Waals surface area contributed by atoms with E-state index in [4.69, 9.17) is 0 Å². The van der Waals surface area contributed by atoms with Crippen molar-refractivity contribution in [1.29, 1.82) is 0 Å². The van der Waals surface area contributed by atoms with Crippen LogP contribution in [0, 0.1) is 11.6 Å². The minimum absolute atomic E-state index is 0.181. The van der Waals surface area contributed by atoms with E-state index >= 15 is 0 Å². The molecule has 0 amide bonds. The molecule has 1 unspecified atom stereocenters. The summed E-state index contributed by atoms with van der Waals surface area (Å²) in [5.41, 5.74) is 0.625. The van der Waals surface area contributed by atoms with Crippen LogP contribution in [0.1, 0.15) is 17.7 Å². The molecule has 3 rings (SSSR count). The molecule has 0 saturated heterocycles. The van der Waals surface area contributed by atoms with Crippen LogP contribution in [0.4, 0.5) is 8.78 Å². The van der Waals surface area contributed by atoms with Crippen molar-refractivity contribution in [1.82, 2.24) is 9.55 Å². The second kappa shape index (κ2) is 7.19. The van der Waals surface area contributed by atoms with E-state index in [2.05, 4.69) is 11.6 Å². The molecule has 0 fully saturated rings. The van der Waals surface area contributed by atoms with Crippen molar-refractivity contribution in [2.24, 2.45) is 0 Å². The summed E-state index contributed by atoms with van der Waals surface area (Å²) in [7, 11) is 0. The minimum Gasteiger partial charge on any atom is -0.283 e. The van der Waals surface area contributed by atoms with Gasteiger partial charge < -0.3 is 0 Å². The Balaban J connectivity index is 2.08. The number of rotatable bonds is 5. The van der Waals surface area contributed by atoms with Crippen LogP contribution in [0.15, 0.2) is 65.1 Å². The van der Waals surface area contributed by atoms with Crippen molar-refractivity contribution in [2.75, 3.05) is 0 Å². The molecule has 0 aliphatic carbocycles. The van der Waals surface area contributed by atoms with Crippen molar-refractivity contribution in [3.8, 4) is 0 Å². The largest absolute Gasteiger partial charge is 0.283 e. The van der Waals surface area contributed by atoms with Gasteiger partial charge in [-0.3, -0.25) is 9.36 Å². The molecule has 3 aromatic rings. The molecule has 128 valence electrons. The SMILES string of the molecule is C=CCn1c(SC(C)c2cc(F)ccc2F)nc2ccccc2c1=O. The number of thioether (sulfide) groups is 1. The van der Waals surface area contributed by atoms with E-state index in [9.17, 15) is 13.6 Å². The molecule has 3 nitrogen and oxygen atoms in total. The van der Waals surface area contributed by atoms with Gasteiger partial charge in [-0.2, -0.15) is 0 Å². The number of fused-ring (bicyclic) bond motifs is 1. The summed E-state index contributed by atoms with van der Waals surface area (Å²) in [6, 6.07) is 10.4. The molecule has 0 bridgehead atoms. The van der Waals surface area contributed by atoms with E-state index in [1.807, 2.05) is 0 Å². The first-order chi connectivity index (χ1) is 12.0. The van der Waals surface area contributed by atoms with Gasteiger partial charge in [0.2, 0.25) is 0 Å². The van der Waals surface area contributed by atoms with Gasteiger partial charge in [0.1, 0.15) is 11.6 Å². The quantitative estimate of drug-likeness (QED) is 0.376. The van der Waals surface area contributed by atoms with Crippen LogP contribution in [0.5, 0.6) is 0 Å². The second-order valence-corrected chi connectivity index (χ2v) is 6.85. The maximum Gasteiger partial charge on any atom is 0.262 e. The minimum atomic E-state index is -0.501. The zero-order valence-corrected chi connectivity index (χ0v) is 14.4. The van der Waals surface area contributed by atoms with Crippen molar-refractivity contribution in [2.45, 2.75) is 23.9 Å². The normalized spacial score (nSPS) is 12.3. The Labute approximate surface area is 148 Å². The van der Waals surface area contributed by atoms with Crippen LogP contribution in [-0.4, -0.2) is 9.55 Å². The smallest absolute Gasteiger partial charge is 0.262 e. The average Bonchev–Trinajstić information content (AvgIpc) is 2.60. The molecule has 2 aromatic carbocycles. The van der Waals surface area contributed by atoms with Gasteiger partial charge in [0, 0.05) is 17.4 Å². The molecule has 0 spiro atoms. The number of benzene rings is 2. The highest BCUT2D eigenvalue weighted by Crippen LogP contribution is 2.35. The third-order valence-electron chi connectivity index (χ3n) is 3.82. The average molecular weight is 358 g/mol. The van der Waals surface area contributed by atoms with Crippen LogP contribution in [0.3, 0.4) is 0 Å². The van der Waals surface area contributed by atoms with E-state index in [0.717, 1.165) is 12.1 Å². The predicted molar refractivity (Wildman–Crippen MR) is 96.8 cm³/mol. The number of allylic oxidation sites excluding steroid dienone is 1. The van der Waals surface area contributed by atoms with Crippen LogP contribution in [-0.2, 0) is 6.54 Å². The van der Waals surface area contributed by atoms with Gasteiger partial charge in [-0.05, 0) is 37.3 Å². The van der Waals surface area contributed by atoms with Crippen molar-refractivity contribution < 1.29 is 8.78 Å². The van der Waals surface area contributed by atoms with E-state index in [-0.39, 0.29) is 17.7 Å². The number of nitrogens with zero attached hydrogens (tertiary/aromatic N) is 2. The molecule has 0 radical (unpaired) electrons. The summed E-state index contributed by atoms with van der Waals surface area (Å²) >= 11 is 1.21. The Morgan fingerprint density at radius 2 is 2.04 bits per heavy atom. The number of halogens is 2. The van der Waals surface area contributed by atoms with Crippen LogP contribution in [0.25, 0.3) is 10.9 Å². The lowest BCUT2D eigenvalue weighted by Gasteiger charge is -2.16. The van der Waals surface area contributed by atoms with E-state index in [0.29, 0.717) is 16.1 Å². The maximum atomic E-state index is 14.0. The lowest BCUT2D eigenvalue weighted by molar-refractivity contribution is 0.585. The molecule has 25 heavy (non-hydrogen) atoms. The highest BCUT2D eigenvalue weighted by atomic mass is 32.2. The van der Waals surface area contributed by atoms with Gasteiger partial charge in [-0.1, -0.05) is 30.0 Å².